The maximum Gasteiger partial charge on any atom is 0.0942 e. The van der Waals surface area contributed by atoms with Crippen LogP contribution >= 0.6 is 0 Å². The summed E-state index contributed by atoms with van der Waals surface area (Å²) in [5.41, 5.74) is -0.0934. The minimum Gasteiger partial charge on any atom is -0.396 e. The van der Waals surface area contributed by atoms with Gasteiger partial charge in [-0.2, -0.15) is 0 Å². The van der Waals surface area contributed by atoms with E-state index in [0.29, 0.717) is 0 Å². The summed E-state index contributed by atoms with van der Waals surface area (Å²) < 4.78 is 11.4. The molecule has 0 radical (unpaired) electrons. The molecule has 0 spiro atoms. The van der Waals surface area contributed by atoms with Crippen molar-refractivity contribution >= 4 is 0 Å². The Hall–Kier alpha value is -0.120. The van der Waals surface area contributed by atoms with Crippen molar-refractivity contribution in [2.45, 2.75) is 43.8 Å². The number of aliphatic hydroxyl groups is 1. The summed E-state index contributed by atoms with van der Waals surface area (Å²) in [6.07, 6.45) is 5.74. The van der Waals surface area contributed by atoms with Crippen LogP contribution in [0.25, 0.3) is 0 Å². The van der Waals surface area contributed by atoms with Crippen molar-refractivity contribution < 1.29 is 14.6 Å². The van der Waals surface area contributed by atoms with Gasteiger partial charge in [-0.15, -0.1) is 0 Å². The minimum atomic E-state index is -0.0934. The molecule has 1 aliphatic carbocycles. The molecule has 3 heteroatoms. The fourth-order valence-corrected chi connectivity index (χ4v) is 2.98. The van der Waals surface area contributed by atoms with Crippen molar-refractivity contribution in [2.24, 2.45) is 5.92 Å². The number of aliphatic hydroxyl groups excluding tert-OH is 1. The van der Waals surface area contributed by atoms with Crippen molar-refractivity contribution in [3.63, 3.8) is 0 Å². The second kappa shape index (κ2) is 4.17. The van der Waals surface area contributed by atoms with Gasteiger partial charge in [0.05, 0.1) is 11.7 Å². The first-order valence-corrected chi connectivity index (χ1v) is 5.60. The number of methoxy groups -OCH3 is 1. The fraction of sp³-hybridized carbons (Fsp3) is 1.00. The molecule has 1 heterocycles. The number of rotatable bonds is 3. The lowest BCUT2D eigenvalue weighted by molar-refractivity contribution is -0.122. The predicted molar refractivity (Wildman–Crippen MR) is 53.1 cm³/mol. The Kier molecular flexibility index (Phi) is 3.10. The zero-order chi connectivity index (χ0) is 10.0. The Balaban J connectivity index is 2.10. The van der Waals surface area contributed by atoms with Gasteiger partial charge in [0.1, 0.15) is 0 Å². The standard InChI is InChI=1S/C11H20O3/c1-13-11(5-2-3-6-11)10-9(8-12)4-7-14-10/h9-10,12H,2-8H2,1H3. The van der Waals surface area contributed by atoms with E-state index in [0.717, 1.165) is 25.9 Å². The van der Waals surface area contributed by atoms with Gasteiger partial charge in [-0.05, 0) is 19.3 Å². The normalized spacial score (nSPS) is 36.4. The van der Waals surface area contributed by atoms with E-state index >= 15 is 0 Å². The smallest absolute Gasteiger partial charge is 0.0942 e. The molecular formula is C11H20O3. The third-order valence-electron chi connectivity index (χ3n) is 3.82. The Morgan fingerprint density at radius 2 is 2.14 bits per heavy atom. The van der Waals surface area contributed by atoms with Crippen molar-refractivity contribution in [2.75, 3.05) is 20.3 Å². The second-order valence-corrected chi connectivity index (χ2v) is 4.50. The summed E-state index contributed by atoms with van der Waals surface area (Å²) in [5.74, 6) is 0.285. The van der Waals surface area contributed by atoms with Crippen LogP contribution in [0.2, 0.25) is 0 Å². The molecule has 3 nitrogen and oxygen atoms in total. The molecule has 2 rings (SSSR count). The zero-order valence-corrected chi connectivity index (χ0v) is 8.87. The van der Waals surface area contributed by atoms with Crippen LogP contribution in [0.4, 0.5) is 0 Å². The molecule has 82 valence electrons. The Morgan fingerprint density at radius 1 is 1.43 bits per heavy atom. The van der Waals surface area contributed by atoms with Gasteiger partial charge >= 0.3 is 0 Å². The maximum absolute atomic E-state index is 9.27. The van der Waals surface area contributed by atoms with E-state index in [1.165, 1.54) is 12.8 Å². The highest BCUT2D eigenvalue weighted by Gasteiger charge is 2.48. The highest BCUT2D eigenvalue weighted by atomic mass is 16.5. The van der Waals surface area contributed by atoms with E-state index in [-0.39, 0.29) is 24.2 Å². The molecule has 2 atom stereocenters. The molecule has 0 aromatic rings. The van der Waals surface area contributed by atoms with Crippen molar-refractivity contribution in [3.05, 3.63) is 0 Å². The largest absolute Gasteiger partial charge is 0.396 e. The lowest BCUT2D eigenvalue weighted by Crippen LogP contribution is -2.45. The predicted octanol–water partition coefficient (Wildman–Crippen LogP) is 1.34. The van der Waals surface area contributed by atoms with Crippen LogP contribution in [-0.2, 0) is 9.47 Å². The van der Waals surface area contributed by atoms with Crippen molar-refractivity contribution in [3.8, 4) is 0 Å². The van der Waals surface area contributed by atoms with E-state index in [4.69, 9.17) is 9.47 Å². The van der Waals surface area contributed by atoms with Gasteiger partial charge in [-0.25, -0.2) is 0 Å². The molecule has 1 N–H and O–H groups in total. The van der Waals surface area contributed by atoms with E-state index in [9.17, 15) is 5.11 Å². The van der Waals surface area contributed by atoms with Crippen molar-refractivity contribution in [1.82, 2.24) is 0 Å². The van der Waals surface area contributed by atoms with Crippen LogP contribution in [0.3, 0.4) is 0 Å². The molecule has 1 aliphatic heterocycles. The summed E-state index contributed by atoms with van der Waals surface area (Å²) >= 11 is 0. The average Bonchev–Trinajstić information content (AvgIpc) is 2.86. The quantitative estimate of drug-likeness (QED) is 0.747. The molecule has 2 fully saturated rings. The molecule has 0 bridgehead atoms. The topological polar surface area (TPSA) is 38.7 Å². The van der Waals surface area contributed by atoms with Gasteiger partial charge in [0.25, 0.3) is 0 Å². The molecule has 2 unspecified atom stereocenters. The summed E-state index contributed by atoms with van der Waals surface area (Å²) in [6, 6.07) is 0. The minimum absolute atomic E-state index is 0.0934. The van der Waals surface area contributed by atoms with Crippen LogP contribution in [0.5, 0.6) is 0 Å². The van der Waals surface area contributed by atoms with Gasteiger partial charge in [-0.3, -0.25) is 0 Å². The molecule has 1 saturated heterocycles. The van der Waals surface area contributed by atoms with Crippen LogP contribution < -0.4 is 0 Å². The van der Waals surface area contributed by atoms with Crippen LogP contribution in [0.15, 0.2) is 0 Å². The van der Waals surface area contributed by atoms with Gasteiger partial charge < -0.3 is 14.6 Å². The first-order valence-electron chi connectivity index (χ1n) is 5.60. The first kappa shape index (κ1) is 10.4. The molecule has 0 aromatic carbocycles. The highest BCUT2D eigenvalue weighted by Crippen LogP contribution is 2.42. The molecule has 0 aromatic heterocycles. The molecule has 14 heavy (non-hydrogen) atoms. The number of hydrogen-bond donors (Lipinski definition) is 1. The first-order chi connectivity index (χ1) is 6.82. The highest BCUT2D eigenvalue weighted by molar-refractivity contribution is 4.98. The van der Waals surface area contributed by atoms with E-state index in [1.807, 2.05) is 0 Å². The van der Waals surface area contributed by atoms with Gasteiger partial charge in [0.15, 0.2) is 0 Å². The summed E-state index contributed by atoms with van der Waals surface area (Å²) in [7, 11) is 1.78. The second-order valence-electron chi connectivity index (χ2n) is 4.50. The van der Waals surface area contributed by atoms with Crippen LogP contribution in [0, 0.1) is 5.92 Å². The molecular weight excluding hydrogens is 180 g/mol. The molecule has 0 amide bonds. The Morgan fingerprint density at radius 3 is 2.71 bits per heavy atom. The Labute approximate surface area is 85.4 Å². The fourth-order valence-electron chi connectivity index (χ4n) is 2.98. The van der Waals surface area contributed by atoms with Crippen LogP contribution in [0.1, 0.15) is 32.1 Å². The molecule has 2 aliphatic rings. The number of ether oxygens (including phenoxy) is 2. The summed E-state index contributed by atoms with van der Waals surface area (Å²) in [4.78, 5) is 0. The average molecular weight is 200 g/mol. The van der Waals surface area contributed by atoms with Crippen LogP contribution in [-0.4, -0.2) is 37.1 Å². The third-order valence-corrected chi connectivity index (χ3v) is 3.82. The monoisotopic (exact) mass is 200 g/mol. The maximum atomic E-state index is 9.27. The van der Waals surface area contributed by atoms with E-state index in [1.54, 1.807) is 7.11 Å². The SMILES string of the molecule is COC1(C2OCCC2CO)CCCC1. The zero-order valence-electron chi connectivity index (χ0n) is 8.87. The number of hydrogen-bond acceptors (Lipinski definition) is 3. The molecule has 1 saturated carbocycles. The third kappa shape index (κ3) is 1.58. The van der Waals surface area contributed by atoms with Gasteiger partial charge in [0, 0.05) is 26.2 Å². The lowest BCUT2D eigenvalue weighted by atomic mass is 9.86. The summed E-state index contributed by atoms with van der Waals surface area (Å²) in [6.45, 7) is 1.01. The van der Waals surface area contributed by atoms with E-state index in [2.05, 4.69) is 0 Å². The van der Waals surface area contributed by atoms with Gasteiger partial charge in [0.2, 0.25) is 0 Å². The lowest BCUT2D eigenvalue weighted by Gasteiger charge is -2.36. The van der Waals surface area contributed by atoms with Gasteiger partial charge in [-0.1, -0.05) is 12.8 Å². The van der Waals surface area contributed by atoms with E-state index < -0.39 is 0 Å². The summed E-state index contributed by atoms with van der Waals surface area (Å²) in [5, 5.41) is 9.27. The van der Waals surface area contributed by atoms with Crippen molar-refractivity contribution in [1.29, 1.82) is 0 Å². The Bertz CT molecular complexity index is 187.